The van der Waals surface area contributed by atoms with Crippen LogP contribution in [0.25, 0.3) is 10.9 Å². The van der Waals surface area contributed by atoms with Crippen molar-refractivity contribution in [3.8, 4) is 0 Å². The molecule has 1 fully saturated rings. The summed E-state index contributed by atoms with van der Waals surface area (Å²) in [6, 6.07) is 3.92. The minimum absolute atomic E-state index is 0. The Kier molecular flexibility index (Phi) is 6.66. The molecule has 3 N–H and O–H groups in total. The highest BCUT2D eigenvalue weighted by atomic mass is 35.5. The highest BCUT2D eigenvalue weighted by molar-refractivity contribution is 6.31. The molecule has 5 nitrogen and oxygen atoms in total. The highest BCUT2D eigenvalue weighted by Crippen LogP contribution is 2.31. The molecule has 1 aliphatic heterocycles. The molecule has 7 heteroatoms. The third kappa shape index (κ3) is 3.87. The number of hydrogen-bond donors (Lipinski definition) is 2. The Hall–Kier alpha value is -1.63. The number of nitrogens with one attached hydrogen (secondary N) is 1. The van der Waals surface area contributed by atoms with Gasteiger partial charge in [0.2, 0.25) is 5.91 Å². The second kappa shape index (κ2) is 8.37. The van der Waals surface area contributed by atoms with Crippen molar-refractivity contribution in [2.75, 3.05) is 13.7 Å². The number of carbonyl (C=O) groups excluding carboxylic acids is 1. The molecular weight excluding hydrogens is 357 g/mol. The molecule has 144 valence electrons. The first-order chi connectivity index (χ1) is 11.9. The molecule has 0 radical (unpaired) electrons. The minimum Gasteiger partial charge on any atom is -0.380 e. The predicted molar refractivity (Wildman–Crippen MR) is 103 cm³/mol. The van der Waals surface area contributed by atoms with E-state index < -0.39 is 6.04 Å². The lowest BCUT2D eigenvalue weighted by atomic mass is 10.0. The fourth-order valence-corrected chi connectivity index (χ4v) is 3.79. The van der Waals surface area contributed by atoms with Crippen LogP contribution in [0, 0.1) is 5.82 Å². The molecule has 0 saturated carbocycles. The van der Waals surface area contributed by atoms with E-state index in [1.165, 1.54) is 12.1 Å². The molecule has 3 unspecified atom stereocenters. The lowest BCUT2D eigenvalue weighted by Crippen LogP contribution is -2.51. The molecule has 0 spiro atoms. The van der Waals surface area contributed by atoms with E-state index in [1.807, 2.05) is 4.90 Å². The van der Waals surface area contributed by atoms with Gasteiger partial charge in [0.25, 0.3) is 0 Å². The summed E-state index contributed by atoms with van der Waals surface area (Å²) in [5.41, 5.74) is 7.61. The van der Waals surface area contributed by atoms with Gasteiger partial charge in [0, 0.05) is 30.6 Å². The highest BCUT2D eigenvalue weighted by Gasteiger charge is 2.34. The maximum atomic E-state index is 13.4. The summed E-state index contributed by atoms with van der Waals surface area (Å²) >= 11 is 6.34. The van der Waals surface area contributed by atoms with Crippen molar-refractivity contribution in [2.45, 2.75) is 51.8 Å². The van der Waals surface area contributed by atoms with Gasteiger partial charge < -0.3 is 20.4 Å². The number of fused-ring (bicyclic) bond motifs is 1. The third-order valence-corrected chi connectivity index (χ3v) is 5.40. The molecule has 1 amide bonds. The number of carbonyl (C=O) groups is 1. The maximum Gasteiger partial charge on any atom is 0.242 e. The summed E-state index contributed by atoms with van der Waals surface area (Å²) in [5.74, 6) is -0.409. The van der Waals surface area contributed by atoms with Crippen molar-refractivity contribution < 1.29 is 13.9 Å². The van der Waals surface area contributed by atoms with Crippen LogP contribution in [-0.2, 0) is 16.0 Å². The Morgan fingerprint density at radius 3 is 2.96 bits per heavy atom. The fraction of sp³-hybridized carbons (Fsp3) is 0.526. The Morgan fingerprint density at radius 2 is 2.27 bits per heavy atom. The average molecular weight is 384 g/mol. The molecule has 2 heterocycles. The number of halogens is 2. The Bertz CT molecular complexity index is 779. The van der Waals surface area contributed by atoms with Crippen molar-refractivity contribution >= 4 is 28.4 Å². The fourth-order valence-electron chi connectivity index (χ4n) is 3.51. The first-order valence-corrected chi connectivity index (χ1v) is 8.84. The van der Waals surface area contributed by atoms with Gasteiger partial charge in [-0.1, -0.05) is 19.0 Å². The summed E-state index contributed by atoms with van der Waals surface area (Å²) in [4.78, 5) is 17.6. The summed E-state index contributed by atoms with van der Waals surface area (Å²) in [6.45, 7) is 2.47. The van der Waals surface area contributed by atoms with Gasteiger partial charge in [0.05, 0.1) is 6.10 Å². The maximum absolute atomic E-state index is 13.4. The van der Waals surface area contributed by atoms with Gasteiger partial charge in [-0.05, 0) is 49.9 Å². The van der Waals surface area contributed by atoms with Crippen molar-refractivity contribution in [2.24, 2.45) is 5.73 Å². The molecule has 1 aromatic carbocycles. The Balaban J connectivity index is 0.00000243. The SMILES string of the molecule is C.COC(C)C(N)C(=O)N1CCCC1Cc1c(Cl)[nH]c2cc(F)ccc12. The molecule has 1 aliphatic rings. The molecule has 3 rings (SSSR count). The van der Waals surface area contributed by atoms with Crippen molar-refractivity contribution in [1.29, 1.82) is 0 Å². The number of rotatable bonds is 5. The zero-order valence-electron chi connectivity index (χ0n) is 14.4. The monoisotopic (exact) mass is 383 g/mol. The van der Waals surface area contributed by atoms with Gasteiger partial charge in [-0.2, -0.15) is 0 Å². The van der Waals surface area contributed by atoms with E-state index in [4.69, 9.17) is 22.1 Å². The van der Waals surface area contributed by atoms with Gasteiger partial charge >= 0.3 is 0 Å². The Morgan fingerprint density at radius 1 is 1.54 bits per heavy atom. The largest absolute Gasteiger partial charge is 0.380 e. The van der Waals surface area contributed by atoms with E-state index in [-0.39, 0.29) is 31.3 Å². The number of ether oxygens (including phenoxy) is 1. The summed E-state index contributed by atoms with van der Waals surface area (Å²) < 4.78 is 18.6. The second-order valence-corrected chi connectivity index (χ2v) is 6.98. The molecule has 1 saturated heterocycles. The van der Waals surface area contributed by atoms with Gasteiger partial charge in [-0.3, -0.25) is 4.79 Å². The van der Waals surface area contributed by atoms with Gasteiger partial charge in [0.1, 0.15) is 17.0 Å². The van der Waals surface area contributed by atoms with E-state index in [0.717, 1.165) is 23.8 Å². The smallest absolute Gasteiger partial charge is 0.242 e. The number of likely N-dealkylation sites (tertiary alicyclic amines) is 1. The van der Waals surface area contributed by atoms with E-state index >= 15 is 0 Å². The molecule has 26 heavy (non-hydrogen) atoms. The van der Waals surface area contributed by atoms with Gasteiger partial charge in [-0.25, -0.2) is 4.39 Å². The van der Waals surface area contributed by atoms with E-state index in [9.17, 15) is 9.18 Å². The van der Waals surface area contributed by atoms with Crippen LogP contribution in [0.2, 0.25) is 5.15 Å². The first-order valence-electron chi connectivity index (χ1n) is 8.46. The second-order valence-electron chi connectivity index (χ2n) is 6.61. The number of methoxy groups -OCH3 is 1. The van der Waals surface area contributed by atoms with Gasteiger partial charge in [0.15, 0.2) is 0 Å². The van der Waals surface area contributed by atoms with Crippen LogP contribution in [0.5, 0.6) is 0 Å². The van der Waals surface area contributed by atoms with Crippen LogP contribution in [0.1, 0.15) is 32.8 Å². The van der Waals surface area contributed by atoms with E-state index in [2.05, 4.69) is 4.98 Å². The predicted octanol–water partition coefficient (Wildman–Crippen LogP) is 3.49. The van der Waals surface area contributed by atoms with E-state index in [1.54, 1.807) is 20.1 Å². The minimum atomic E-state index is -0.682. The quantitative estimate of drug-likeness (QED) is 0.830. The van der Waals surface area contributed by atoms with Crippen LogP contribution in [0.15, 0.2) is 18.2 Å². The van der Waals surface area contributed by atoms with Crippen LogP contribution in [-0.4, -0.2) is 47.6 Å². The average Bonchev–Trinajstić information content (AvgIpc) is 3.17. The zero-order valence-corrected chi connectivity index (χ0v) is 15.1. The number of nitrogens with zero attached hydrogens (tertiary/aromatic N) is 1. The summed E-state index contributed by atoms with van der Waals surface area (Å²) in [7, 11) is 1.55. The van der Waals surface area contributed by atoms with Crippen molar-refractivity contribution in [3.63, 3.8) is 0 Å². The Labute approximate surface area is 158 Å². The molecule has 2 aromatic rings. The summed E-state index contributed by atoms with van der Waals surface area (Å²) in [6.07, 6.45) is 2.10. The summed E-state index contributed by atoms with van der Waals surface area (Å²) in [5, 5.41) is 1.38. The van der Waals surface area contributed by atoms with Crippen LogP contribution < -0.4 is 5.73 Å². The van der Waals surface area contributed by atoms with Crippen LogP contribution in [0.3, 0.4) is 0 Å². The lowest BCUT2D eigenvalue weighted by molar-refractivity contribution is -0.136. The van der Waals surface area contributed by atoms with Crippen molar-refractivity contribution in [1.82, 2.24) is 9.88 Å². The number of amides is 1. The molecule has 1 aromatic heterocycles. The number of aromatic amines is 1. The van der Waals surface area contributed by atoms with Crippen LogP contribution in [0.4, 0.5) is 4.39 Å². The van der Waals surface area contributed by atoms with Gasteiger partial charge in [-0.15, -0.1) is 0 Å². The van der Waals surface area contributed by atoms with Crippen LogP contribution >= 0.6 is 11.6 Å². The third-order valence-electron chi connectivity index (χ3n) is 5.08. The first kappa shape index (κ1) is 20.7. The normalized spacial score (nSPS) is 19.4. The zero-order chi connectivity index (χ0) is 18.1. The molecule has 0 bridgehead atoms. The number of H-pyrrole nitrogens is 1. The standard InChI is InChI=1S/C18H23ClFN3O2.CH4/c1-10(25-2)16(21)18(24)23-7-3-4-12(23)9-14-13-6-5-11(20)8-15(13)22-17(14)19;/h5-6,8,10,12,16,22H,3-4,7,9,21H2,1-2H3;1H4. The molecular formula is C19H27ClFN3O2. The number of aromatic nitrogens is 1. The van der Waals surface area contributed by atoms with Crippen molar-refractivity contribution in [3.05, 3.63) is 34.7 Å². The number of benzene rings is 1. The molecule has 0 aliphatic carbocycles. The number of hydrogen-bond acceptors (Lipinski definition) is 3. The topological polar surface area (TPSA) is 71.3 Å². The molecule has 3 atom stereocenters. The lowest BCUT2D eigenvalue weighted by Gasteiger charge is -2.29. The van der Waals surface area contributed by atoms with E-state index in [0.29, 0.717) is 23.6 Å². The number of nitrogens with two attached hydrogens (primary N) is 1.